The molecule has 0 radical (unpaired) electrons. The van der Waals surface area contributed by atoms with Crippen LogP contribution >= 0.6 is 0 Å². The van der Waals surface area contributed by atoms with Crippen molar-refractivity contribution in [2.75, 3.05) is 13.2 Å². The van der Waals surface area contributed by atoms with Gasteiger partial charge in [-0.05, 0) is 33.9 Å². The molecule has 0 aliphatic carbocycles. The molecule has 0 atom stereocenters. The van der Waals surface area contributed by atoms with Gasteiger partial charge >= 0.3 is 7.12 Å². The second-order valence-electron chi connectivity index (χ2n) is 5.05. The first-order valence-corrected chi connectivity index (χ1v) is 5.74. The third-order valence-corrected chi connectivity index (χ3v) is 3.22. The zero-order chi connectivity index (χ0) is 13.1. The Hall–Kier alpha value is -0.845. The number of aliphatic hydroxyl groups excluding tert-OH is 1. The standard InChI is InChI=1S/C11H21BN2O3/c1-10(2)11(3,4)17-12(16-10)9(7-13)8-14-5-6-15/h7-8,13-15H,5-6H2,1-4H3/b9-8+,13-7?. The average molecular weight is 240 g/mol. The fraction of sp³-hybridized carbons (Fsp3) is 0.727. The van der Waals surface area contributed by atoms with Gasteiger partial charge in [-0.2, -0.15) is 0 Å². The van der Waals surface area contributed by atoms with Crippen molar-refractivity contribution in [3.05, 3.63) is 11.7 Å². The van der Waals surface area contributed by atoms with Gasteiger partial charge in [0, 0.05) is 18.2 Å². The summed E-state index contributed by atoms with van der Waals surface area (Å²) in [5, 5.41) is 18.9. The predicted molar refractivity (Wildman–Crippen MR) is 68.0 cm³/mol. The second kappa shape index (κ2) is 5.20. The van der Waals surface area contributed by atoms with Crippen LogP contribution in [0.1, 0.15) is 27.7 Å². The molecule has 0 unspecified atom stereocenters. The van der Waals surface area contributed by atoms with E-state index in [-0.39, 0.29) is 6.61 Å². The van der Waals surface area contributed by atoms with Gasteiger partial charge in [0.05, 0.1) is 17.8 Å². The van der Waals surface area contributed by atoms with Crippen LogP contribution in [0.2, 0.25) is 0 Å². The lowest BCUT2D eigenvalue weighted by molar-refractivity contribution is 0.00578. The molecule has 0 aromatic carbocycles. The van der Waals surface area contributed by atoms with Gasteiger partial charge in [0.25, 0.3) is 0 Å². The third-order valence-electron chi connectivity index (χ3n) is 3.22. The highest BCUT2D eigenvalue weighted by molar-refractivity contribution is 6.60. The Balaban J connectivity index is 2.74. The summed E-state index contributed by atoms with van der Waals surface area (Å²) in [6, 6.07) is 0. The monoisotopic (exact) mass is 240 g/mol. The number of hydrogen-bond donors (Lipinski definition) is 3. The fourth-order valence-electron chi connectivity index (χ4n) is 1.41. The third kappa shape index (κ3) is 3.09. The number of nitrogens with one attached hydrogen (secondary N) is 2. The van der Waals surface area contributed by atoms with Crippen LogP contribution in [0, 0.1) is 5.41 Å². The molecule has 1 rings (SSSR count). The van der Waals surface area contributed by atoms with Crippen molar-refractivity contribution in [1.82, 2.24) is 5.32 Å². The van der Waals surface area contributed by atoms with E-state index >= 15 is 0 Å². The van der Waals surface area contributed by atoms with Crippen molar-refractivity contribution >= 4 is 13.3 Å². The normalized spacial score (nSPS) is 22.6. The number of aliphatic hydroxyl groups is 1. The molecule has 96 valence electrons. The van der Waals surface area contributed by atoms with E-state index < -0.39 is 18.3 Å². The topological polar surface area (TPSA) is 74.6 Å². The van der Waals surface area contributed by atoms with Crippen molar-refractivity contribution in [2.45, 2.75) is 38.9 Å². The van der Waals surface area contributed by atoms with Crippen LogP contribution in [0.25, 0.3) is 0 Å². The average Bonchev–Trinajstić information content (AvgIpc) is 2.43. The van der Waals surface area contributed by atoms with E-state index in [0.29, 0.717) is 12.0 Å². The molecular weight excluding hydrogens is 219 g/mol. The van der Waals surface area contributed by atoms with Crippen molar-refractivity contribution in [1.29, 1.82) is 5.41 Å². The van der Waals surface area contributed by atoms with E-state index in [1.54, 1.807) is 6.20 Å². The quantitative estimate of drug-likeness (QED) is 0.376. The first-order valence-electron chi connectivity index (χ1n) is 5.74. The van der Waals surface area contributed by atoms with Crippen molar-refractivity contribution < 1.29 is 14.4 Å². The first-order chi connectivity index (χ1) is 7.84. The largest absolute Gasteiger partial charge is 0.497 e. The molecule has 1 aliphatic heterocycles. The summed E-state index contributed by atoms with van der Waals surface area (Å²) in [4.78, 5) is 0. The van der Waals surface area contributed by atoms with Crippen LogP contribution in [0.15, 0.2) is 11.7 Å². The van der Waals surface area contributed by atoms with E-state index in [9.17, 15) is 0 Å². The van der Waals surface area contributed by atoms with E-state index in [2.05, 4.69) is 5.32 Å². The second-order valence-corrected chi connectivity index (χ2v) is 5.05. The Morgan fingerprint density at radius 2 is 1.82 bits per heavy atom. The number of hydrogen-bond acceptors (Lipinski definition) is 5. The Kier molecular flexibility index (Phi) is 4.35. The summed E-state index contributed by atoms with van der Waals surface area (Å²) in [5.41, 5.74) is -0.204. The molecular formula is C11H21BN2O3. The lowest BCUT2D eigenvalue weighted by Gasteiger charge is -2.32. The van der Waals surface area contributed by atoms with Crippen LogP contribution in [0.3, 0.4) is 0 Å². The van der Waals surface area contributed by atoms with Crippen LogP contribution in [-0.4, -0.2) is 42.8 Å². The summed E-state index contributed by atoms with van der Waals surface area (Å²) in [7, 11) is -0.538. The molecule has 0 amide bonds. The van der Waals surface area contributed by atoms with E-state index in [4.69, 9.17) is 19.8 Å². The molecule has 1 heterocycles. The molecule has 0 saturated carbocycles. The Bertz CT molecular complexity index is 300. The molecule has 0 spiro atoms. The molecule has 1 fully saturated rings. The first kappa shape index (κ1) is 14.2. The maximum atomic E-state index is 8.67. The van der Waals surface area contributed by atoms with Crippen LogP contribution in [0.4, 0.5) is 0 Å². The van der Waals surface area contributed by atoms with Crippen LogP contribution in [0.5, 0.6) is 0 Å². The molecule has 5 nitrogen and oxygen atoms in total. The molecule has 17 heavy (non-hydrogen) atoms. The highest BCUT2D eigenvalue weighted by atomic mass is 16.7. The zero-order valence-electron chi connectivity index (χ0n) is 10.9. The van der Waals surface area contributed by atoms with Gasteiger partial charge in [0.2, 0.25) is 0 Å². The lowest BCUT2D eigenvalue weighted by atomic mass is 9.79. The Morgan fingerprint density at radius 3 is 2.24 bits per heavy atom. The summed E-state index contributed by atoms with van der Waals surface area (Å²) in [6.45, 7) is 8.36. The molecule has 0 aromatic heterocycles. The highest BCUT2D eigenvalue weighted by Crippen LogP contribution is 2.38. The summed E-state index contributed by atoms with van der Waals surface area (Å²) in [6.07, 6.45) is 2.85. The van der Waals surface area contributed by atoms with E-state index in [0.717, 1.165) is 0 Å². The molecule has 3 N–H and O–H groups in total. The zero-order valence-corrected chi connectivity index (χ0v) is 10.9. The Labute approximate surface area is 103 Å². The number of allylic oxidation sites excluding steroid dienone is 1. The van der Waals surface area contributed by atoms with Crippen molar-refractivity contribution in [2.24, 2.45) is 0 Å². The maximum Gasteiger partial charge on any atom is 0.497 e. The minimum Gasteiger partial charge on any atom is -0.399 e. The summed E-state index contributed by atoms with van der Waals surface area (Å²) >= 11 is 0. The highest BCUT2D eigenvalue weighted by Gasteiger charge is 2.52. The fourth-order valence-corrected chi connectivity index (χ4v) is 1.41. The van der Waals surface area contributed by atoms with Gasteiger partial charge in [0.1, 0.15) is 0 Å². The van der Waals surface area contributed by atoms with Gasteiger partial charge in [-0.15, -0.1) is 0 Å². The summed E-state index contributed by atoms with van der Waals surface area (Å²) < 4.78 is 11.6. The van der Waals surface area contributed by atoms with E-state index in [1.807, 2.05) is 27.7 Å². The van der Waals surface area contributed by atoms with Crippen LogP contribution in [-0.2, 0) is 9.31 Å². The number of rotatable bonds is 5. The van der Waals surface area contributed by atoms with Crippen molar-refractivity contribution in [3.63, 3.8) is 0 Å². The molecule has 1 aliphatic rings. The maximum absolute atomic E-state index is 8.67. The molecule has 0 bridgehead atoms. The van der Waals surface area contributed by atoms with Gasteiger partial charge < -0.3 is 25.1 Å². The van der Waals surface area contributed by atoms with Crippen LogP contribution < -0.4 is 5.32 Å². The van der Waals surface area contributed by atoms with E-state index in [1.165, 1.54) is 6.21 Å². The minimum absolute atomic E-state index is 0.0468. The Morgan fingerprint density at radius 1 is 1.29 bits per heavy atom. The summed E-state index contributed by atoms with van der Waals surface area (Å²) in [5.74, 6) is 0. The molecule has 6 heteroatoms. The molecule has 0 aromatic rings. The van der Waals surface area contributed by atoms with Gasteiger partial charge in [-0.3, -0.25) is 0 Å². The van der Waals surface area contributed by atoms with Crippen molar-refractivity contribution in [3.8, 4) is 0 Å². The molecule has 1 saturated heterocycles. The lowest BCUT2D eigenvalue weighted by Crippen LogP contribution is -2.41. The van der Waals surface area contributed by atoms with Gasteiger partial charge in [-0.1, -0.05) is 0 Å². The SMILES string of the molecule is CC1(C)OB(/C(C=N)=C/NCCO)OC1(C)C. The smallest absolute Gasteiger partial charge is 0.399 e. The van der Waals surface area contributed by atoms with Gasteiger partial charge in [0.15, 0.2) is 0 Å². The predicted octanol–water partition coefficient (Wildman–Crippen LogP) is 0.733. The van der Waals surface area contributed by atoms with Gasteiger partial charge in [-0.25, -0.2) is 0 Å². The minimum atomic E-state index is -0.538.